The molecule has 0 N–H and O–H groups in total. The summed E-state index contributed by atoms with van der Waals surface area (Å²) in [5.41, 5.74) is 2.38. The van der Waals surface area contributed by atoms with E-state index in [1.54, 1.807) is 0 Å². The average molecular weight is 464 g/mol. The first kappa shape index (κ1) is 21.1. The molecule has 4 heteroatoms. The Morgan fingerprint density at radius 1 is 0.400 bits per heavy atom. The number of rotatable bonds is 5. The van der Waals surface area contributed by atoms with Gasteiger partial charge in [0, 0.05) is 0 Å². The Kier molecular flexibility index (Phi) is 6.03. The Morgan fingerprint density at radius 3 is 0.967 bits per heavy atom. The molecule has 0 aliphatic heterocycles. The molecule has 150 valence electrons. The molecule has 0 bridgehead atoms. The quantitative estimate of drug-likeness (QED) is 0.282. The van der Waals surface area contributed by atoms with Gasteiger partial charge in [0.2, 0.25) is 14.8 Å². The summed E-state index contributed by atoms with van der Waals surface area (Å²) in [5.74, 6) is 0. The largest absolute Gasteiger partial charge is 0.214 e. The summed E-state index contributed by atoms with van der Waals surface area (Å²) in [4.78, 5) is 0. The van der Waals surface area contributed by atoms with Crippen LogP contribution in [0.1, 0.15) is 0 Å². The highest BCUT2D eigenvalue weighted by atomic mass is 35.6. The molecule has 0 nitrogen and oxygen atoms in total. The van der Waals surface area contributed by atoms with Crippen molar-refractivity contribution in [1.82, 2.24) is 0 Å². The van der Waals surface area contributed by atoms with Crippen molar-refractivity contribution < 1.29 is 0 Å². The van der Waals surface area contributed by atoms with Crippen LogP contribution in [-0.2, 0) is 0 Å². The first-order chi connectivity index (χ1) is 14.4. The van der Waals surface area contributed by atoms with Crippen molar-refractivity contribution in [3.8, 4) is 11.1 Å². The predicted molar refractivity (Wildman–Crippen MR) is 138 cm³/mol. The van der Waals surface area contributed by atoms with Crippen molar-refractivity contribution in [3.63, 3.8) is 0 Å². The number of hydrogen-bond donors (Lipinski definition) is 0. The molecule has 0 saturated carbocycles. The molecule has 0 aliphatic carbocycles. The molecule has 0 aromatic heterocycles. The summed E-state index contributed by atoms with van der Waals surface area (Å²) < 4.78 is 0. The van der Waals surface area contributed by atoms with E-state index in [4.69, 9.17) is 22.2 Å². The lowest BCUT2D eigenvalue weighted by atomic mass is 10.1. The average Bonchev–Trinajstić information content (AvgIpc) is 2.80. The van der Waals surface area contributed by atoms with Gasteiger partial charge >= 0.3 is 0 Å². The molecule has 4 aromatic rings. The summed E-state index contributed by atoms with van der Waals surface area (Å²) in [6.45, 7) is 4.37. The van der Waals surface area contributed by atoms with Gasteiger partial charge in [0.25, 0.3) is 0 Å². The summed E-state index contributed by atoms with van der Waals surface area (Å²) in [5, 5.41) is 4.91. The van der Waals surface area contributed by atoms with Gasteiger partial charge in [0.1, 0.15) is 0 Å². The van der Waals surface area contributed by atoms with Gasteiger partial charge in [-0.3, -0.25) is 0 Å². The fourth-order valence-electron chi connectivity index (χ4n) is 3.79. The van der Waals surface area contributed by atoms with Gasteiger partial charge in [0.05, 0.1) is 0 Å². The maximum atomic E-state index is 7.04. The fourth-order valence-corrected chi connectivity index (χ4v) is 9.19. The van der Waals surface area contributed by atoms with Crippen LogP contribution in [0, 0.1) is 0 Å². The molecule has 4 aromatic carbocycles. The van der Waals surface area contributed by atoms with E-state index in [-0.39, 0.29) is 0 Å². The first-order valence-electron chi connectivity index (χ1n) is 10.1. The third-order valence-electron chi connectivity index (χ3n) is 5.82. The van der Waals surface area contributed by atoms with Crippen molar-refractivity contribution in [2.45, 2.75) is 13.1 Å². The van der Waals surface area contributed by atoms with Gasteiger partial charge in [-0.05, 0) is 45.0 Å². The van der Waals surface area contributed by atoms with E-state index in [1.807, 2.05) is 12.1 Å². The second-order valence-electron chi connectivity index (χ2n) is 7.89. The zero-order valence-corrected chi connectivity index (χ0v) is 20.7. The van der Waals surface area contributed by atoms with Crippen LogP contribution < -0.4 is 20.7 Å². The van der Waals surface area contributed by atoms with E-state index in [9.17, 15) is 0 Å². The Bertz CT molecular complexity index is 1010. The minimum atomic E-state index is -2.19. The molecule has 0 aliphatic rings. The van der Waals surface area contributed by atoms with Crippen LogP contribution in [0.2, 0.25) is 13.1 Å². The predicted octanol–water partition coefficient (Wildman–Crippen LogP) is 5.21. The molecule has 2 unspecified atom stereocenters. The molecule has 2 atom stereocenters. The second kappa shape index (κ2) is 8.56. The molecule has 0 amide bonds. The standard InChI is InChI=1S/C26H24Cl2Si2/c1-29(27,23-9-5-3-6-10-23)25-17-13-21(14-18-25)22-15-19-26(20-16-22)30(2,28)24-11-7-4-8-12-24/h3-20H,1-2H3. The first-order valence-corrected chi connectivity index (χ1v) is 17.1. The van der Waals surface area contributed by atoms with E-state index in [2.05, 4.69) is 110 Å². The van der Waals surface area contributed by atoms with E-state index in [0.29, 0.717) is 0 Å². The number of halogens is 2. The van der Waals surface area contributed by atoms with Gasteiger partial charge in [0.15, 0.2) is 0 Å². The van der Waals surface area contributed by atoms with Crippen molar-refractivity contribution in [2.75, 3.05) is 0 Å². The smallest absolute Gasteiger partial charge is 0.155 e. The van der Waals surface area contributed by atoms with Crippen molar-refractivity contribution >= 4 is 57.7 Å². The van der Waals surface area contributed by atoms with Crippen LogP contribution in [-0.4, -0.2) is 14.8 Å². The van der Waals surface area contributed by atoms with Gasteiger partial charge in [-0.1, -0.05) is 109 Å². The maximum Gasteiger partial charge on any atom is 0.214 e. The van der Waals surface area contributed by atoms with Crippen molar-refractivity contribution in [1.29, 1.82) is 0 Å². The van der Waals surface area contributed by atoms with Crippen LogP contribution in [0.5, 0.6) is 0 Å². The van der Waals surface area contributed by atoms with Gasteiger partial charge in [-0.25, -0.2) is 0 Å². The summed E-state index contributed by atoms with van der Waals surface area (Å²) in [6.07, 6.45) is 0. The van der Waals surface area contributed by atoms with Crippen LogP contribution in [0.4, 0.5) is 0 Å². The zero-order chi connectivity index (χ0) is 21.2. The van der Waals surface area contributed by atoms with Crippen molar-refractivity contribution in [3.05, 3.63) is 109 Å². The van der Waals surface area contributed by atoms with Crippen LogP contribution in [0.25, 0.3) is 11.1 Å². The van der Waals surface area contributed by atoms with Crippen molar-refractivity contribution in [2.24, 2.45) is 0 Å². The third-order valence-corrected chi connectivity index (χ3v) is 14.1. The Labute approximate surface area is 190 Å². The summed E-state index contributed by atoms with van der Waals surface area (Å²) in [6, 6.07) is 38.2. The lowest BCUT2D eigenvalue weighted by Crippen LogP contribution is -2.50. The maximum absolute atomic E-state index is 7.04. The Hall–Kier alpha value is -2.11. The van der Waals surface area contributed by atoms with E-state index in [0.717, 1.165) is 0 Å². The fraction of sp³-hybridized carbons (Fsp3) is 0.0769. The molecular weight excluding hydrogens is 439 g/mol. The zero-order valence-electron chi connectivity index (χ0n) is 17.1. The highest BCUT2D eigenvalue weighted by molar-refractivity contribution is 7.34. The monoisotopic (exact) mass is 462 g/mol. The van der Waals surface area contributed by atoms with Crippen LogP contribution >= 0.6 is 22.2 Å². The lowest BCUT2D eigenvalue weighted by molar-refractivity contribution is 1.64. The molecule has 0 fully saturated rings. The summed E-state index contributed by atoms with van der Waals surface area (Å²) >= 11 is 14.1. The van der Waals surface area contributed by atoms with Gasteiger partial charge in [-0.2, -0.15) is 22.2 Å². The molecule has 0 spiro atoms. The molecule has 0 heterocycles. The van der Waals surface area contributed by atoms with Crippen LogP contribution in [0.3, 0.4) is 0 Å². The van der Waals surface area contributed by atoms with E-state index >= 15 is 0 Å². The van der Waals surface area contributed by atoms with Crippen LogP contribution in [0.15, 0.2) is 109 Å². The topological polar surface area (TPSA) is 0 Å². The second-order valence-corrected chi connectivity index (χ2v) is 18.7. The highest BCUT2D eigenvalue weighted by Crippen LogP contribution is 2.20. The Morgan fingerprint density at radius 2 is 0.667 bits per heavy atom. The molecular formula is C26H24Cl2Si2. The minimum Gasteiger partial charge on any atom is -0.155 e. The number of hydrogen-bond acceptors (Lipinski definition) is 0. The SMILES string of the molecule is C[Si](Cl)(c1ccccc1)c1ccc(-c2ccc([Si](C)(Cl)c3ccccc3)cc2)cc1. The Balaban J connectivity index is 1.58. The molecule has 0 radical (unpaired) electrons. The van der Waals surface area contributed by atoms with E-state index in [1.165, 1.54) is 31.9 Å². The lowest BCUT2D eigenvalue weighted by Gasteiger charge is -2.21. The van der Waals surface area contributed by atoms with Gasteiger partial charge < -0.3 is 0 Å². The third kappa shape index (κ3) is 4.19. The number of benzene rings is 4. The normalized spacial score (nSPS) is 15.2. The molecule has 30 heavy (non-hydrogen) atoms. The minimum absolute atomic E-state index is 1.19. The highest BCUT2D eigenvalue weighted by Gasteiger charge is 2.30. The van der Waals surface area contributed by atoms with E-state index < -0.39 is 14.8 Å². The molecule has 0 saturated heterocycles. The molecule has 4 rings (SSSR count). The summed E-state index contributed by atoms with van der Waals surface area (Å²) in [7, 11) is -4.38. The van der Waals surface area contributed by atoms with Gasteiger partial charge in [-0.15, -0.1) is 0 Å².